The standard InChI is InChI=1S/C9H11NO2/c1-9(2)6(4-3-5-10)7(9)8(11)12/h3-4,6-7H,1-2H3,(H,11,12)/b4-3-. The molecule has 0 heterocycles. The van der Waals surface area contributed by atoms with Gasteiger partial charge in [-0.25, -0.2) is 0 Å². The summed E-state index contributed by atoms with van der Waals surface area (Å²) in [5.74, 6) is -1.07. The predicted molar refractivity (Wildman–Crippen MR) is 43.1 cm³/mol. The Balaban J connectivity index is 2.68. The van der Waals surface area contributed by atoms with Crippen LogP contribution in [0.4, 0.5) is 0 Å². The van der Waals surface area contributed by atoms with Crippen LogP contribution in [0.15, 0.2) is 12.2 Å². The van der Waals surface area contributed by atoms with Crippen molar-refractivity contribution in [3.05, 3.63) is 12.2 Å². The Bertz CT molecular complexity index is 273. The Hall–Kier alpha value is -1.30. The Morgan fingerprint density at radius 3 is 2.58 bits per heavy atom. The molecule has 1 N–H and O–H groups in total. The number of rotatable bonds is 2. The van der Waals surface area contributed by atoms with Gasteiger partial charge < -0.3 is 5.11 Å². The van der Waals surface area contributed by atoms with Gasteiger partial charge in [0.2, 0.25) is 0 Å². The second-order valence-corrected chi connectivity index (χ2v) is 3.65. The van der Waals surface area contributed by atoms with Crippen LogP contribution in [0.1, 0.15) is 13.8 Å². The van der Waals surface area contributed by atoms with Gasteiger partial charge in [0.15, 0.2) is 0 Å². The van der Waals surface area contributed by atoms with E-state index in [4.69, 9.17) is 10.4 Å². The highest BCUT2D eigenvalue weighted by Crippen LogP contribution is 2.58. The maximum atomic E-state index is 10.6. The molecule has 2 atom stereocenters. The topological polar surface area (TPSA) is 61.1 Å². The monoisotopic (exact) mass is 165 g/mol. The Morgan fingerprint density at radius 1 is 1.67 bits per heavy atom. The van der Waals surface area contributed by atoms with Gasteiger partial charge in [0.05, 0.1) is 12.0 Å². The van der Waals surface area contributed by atoms with Crippen molar-refractivity contribution in [2.24, 2.45) is 17.3 Å². The summed E-state index contributed by atoms with van der Waals surface area (Å²) in [6.45, 7) is 3.80. The van der Waals surface area contributed by atoms with E-state index in [0.717, 1.165) is 0 Å². The van der Waals surface area contributed by atoms with Crippen molar-refractivity contribution in [3.63, 3.8) is 0 Å². The van der Waals surface area contributed by atoms with Crippen LogP contribution in [0, 0.1) is 28.6 Å². The molecule has 64 valence electrons. The van der Waals surface area contributed by atoms with Gasteiger partial charge in [0, 0.05) is 6.08 Å². The highest BCUT2D eigenvalue weighted by molar-refractivity contribution is 5.76. The van der Waals surface area contributed by atoms with Gasteiger partial charge in [0.1, 0.15) is 0 Å². The van der Waals surface area contributed by atoms with E-state index < -0.39 is 5.97 Å². The van der Waals surface area contributed by atoms with Crippen molar-refractivity contribution in [2.75, 3.05) is 0 Å². The molecule has 1 rings (SSSR count). The van der Waals surface area contributed by atoms with Crippen LogP contribution in [0.25, 0.3) is 0 Å². The van der Waals surface area contributed by atoms with Gasteiger partial charge in [-0.3, -0.25) is 4.79 Å². The molecule has 2 unspecified atom stereocenters. The van der Waals surface area contributed by atoms with Crippen LogP contribution < -0.4 is 0 Å². The summed E-state index contributed by atoms with van der Waals surface area (Å²) in [6, 6.07) is 1.86. The molecular weight excluding hydrogens is 154 g/mol. The van der Waals surface area contributed by atoms with Crippen molar-refractivity contribution in [1.29, 1.82) is 5.26 Å². The quantitative estimate of drug-likeness (QED) is 0.629. The molecule has 0 spiro atoms. The highest BCUT2D eigenvalue weighted by Gasteiger charge is 2.60. The van der Waals surface area contributed by atoms with E-state index in [2.05, 4.69) is 0 Å². The fourth-order valence-electron chi connectivity index (χ4n) is 1.66. The lowest BCUT2D eigenvalue weighted by Crippen LogP contribution is -2.02. The molecule has 1 fully saturated rings. The van der Waals surface area contributed by atoms with E-state index >= 15 is 0 Å². The maximum Gasteiger partial charge on any atom is 0.307 e. The largest absolute Gasteiger partial charge is 0.481 e. The van der Waals surface area contributed by atoms with Crippen LogP contribution in [-0.4, -0.2) is 11.1 Å². The summed E-state index contributed by atoms with van der Waals surface area (Å²) in [5.41, 5.74) is -0.181. The minimum atomic E-state index is -0.771. The number of hydrogen-bond donors (Lipinski definition) is 1. The average molecular weight is 165 g/mol. The van der Waals surface area contributed by atoms with Crippen molar-refractivity contribution >= 4 is 5.97 Å². The van der Waals surface area contributed by atoms with Gasteiger partial charge in [-0.05, 0) is 11.3 Å². The van der Waals surface area contributed by atoms with Gasteiger partial charge in [-0.15, -0.1) is 0 Å². The van der Waals surface area contributed by atoms with Crippen LogP contribution in [0.2, 0.25) is 0 Å². The third kappa shape index (κ3) is 1.20. The first kappa shape index (κ1) is 8.79. The third-order valence-corrected chi connectivity index (χ3v) is 2.55. The Kier molecular flexibility index (Phi) is 1.93. The number of carbonyl (C=O) groups is 1. The summed E-state index contributed by atoms with van der Waals surface area (Å²) in [5, 5.41) is 17.0. The van der Waals surface area contributed by atoms with Gasteiger partial charge >= 0.3 is 5.97 Å². The summed E-state index contributed by atoms with van der Waals surface area (Å²) >= 11 is 0. The van der Waals surface area contributed by atoms with Gasteiger partial charge in [0.25, 0.3) is 0 Å². The molecule has 0 aromatic rings. The van der Waals surface area contributed by atoms with E-state index in [0.29, 0.717) is 0 Å². The third-order valence-electron chi connectivity index (χ3n) is 2.55. The van der Waals surface area contributed by atoms with E-state index in [1.807, 2.05) is 19.9 Å². The zero-order valence-corrected chi connectivity index (χ0v) is 7.11. The summed E-state index contributed by atoms with van der Waals surface area (Å²) in [7, 11) is 0. The summed E-state index contributed by atoms with van der Waals surface area (Å²) < 4.78 is 0. The van der Waals surface area contributed by atoms with Crippen LogP contribution >= 0.6 is 0 Å². The first-order valence-corrected chi connectivity index (χ1v) is 3.81. The molecule has 0 radical (unpaired) electrons. The van der Waals surface area contributed by atoms with E-state index in [1.54, 1.807) is 6.08 Å². The fourth-order valence-corrected chi connectivity index (χ4v) is 1.66. The average Bonchev–Trinajstić information content (AvgIpc) is 2.49. The molecule has 0 saturated heterocycles. The van der Waals surface area contributed by atoms with Crippen molar-refractivity contribution in [3.8, 4) is 6.07 Å². The number of carboxylic acids is 1. The molecule has 0 aromatic heterocycles. The SMILES string of the molecule is CC1(C)C(/C=C\C#N)C1C(=O)O. The highest BCUT2D eigenvalue weighted by atomic mass is 16.4. The second kappa shape index (κ2) is 2.63. The summed E-state index contributed by atoms with van der Waals surface area (Å²) in [4.78, 5) is 10.6. The minimum Gasteiger partial charge on any atom is -0.481 e. The Morgan fingerprint density at radius 2 is 2.25 bits per heavy atom. The first-order valence-electron chi connectivity index (χ1n) is 3.81. The number of aliphatic carboxylic acids is 1. The molecule has 0 aromatic carbocycles. The van der Waals surface area contributed by atoms with Gasteiger partial charge in [-0.1, -0.05) is 19.9 Å². The van der Waals surface area contributed by atoms with Crippen LogP contribution in [0.3, 0.4) is 0 Å². The molecule has 3 nitrogen and oxygen atoms in total. The number of carboxylic acid groups (broad SMARTS) is 1. The fraction of sp³-hybridized carbons (Fsp3) is 0.556. The molecule has 1 saturated carbocycles. The molecule has 3 heteroatoms. The van der Waals surface area contributed by atoms with Gasteiger partial charge in [-0.2, -0.15) is 5.26 Å². The molecule has 0 amide bonds. The molecule has 0 bridgehead atoms. The van der Waals surface area contributed by atoms with E-state index in [1.165, 1.54) is 6.08 Å². The normalized spacial score (nSPS) is 31.4. The zero-order chi connectivity index (χ0) is 9.35. The number of allylic oxidation sites excluding steroid dienone is 2. The minimum absolute atomic E-state index is 0.0228. The first-order chi connectivity index (χ1) is 5.51. The smallest absolute Gasteiger partial charge is 0.307 e. The van der Waals surface area contributed by atoms with Crippen molar-refractivity contribution < 1.29 is 9.90 Å². The lowest BCUT2D eigenvalue weighted by Gasteiger charge is -1.95. The lowest BCUT2D eigenvalue weighted by atomic mass is 10.1. The van der Waals surface area contributed by atoms with Crippen LogP contribution in [-0.2, 0) is 4.79 Å². The lowest BCUT2D eigenvalue weighted by molar-refractivity contribution is -0.139. The molecule has 0 aliphatic heterocycles. The number of nitriles is 1. The van der Waals surface area contributed by atoms with Crippen molar-refractivity contribution in [1.82, 2.24) is 0 Å². The van der Waals surface area contributed by atoms with E-state index in [9.17, 15) is 4.79 Å². The van der Waals surface area contributed by atoms with Crippen LogP contribution in [0.5, 0.6) is 0 Å². The maximum absolute atomic E-state index is 10.6. The molecule has 1 aliphatic carbocycles. The molecular formula is C9H11NO2. The predicted octanol–water partition coefficient (Wildman–Crippen LogP) is 1.42. The second-order valence-electron chi connectivity index (χ2n) is 3.65. The Labute approximate surface area is 71.3 Å². The molecule has 12 heavy (non-hydrogen) atoms. The summed E-state index contributed by atoms with van der Waals surface area (Å²) in [6.07, 6.45) is 3.04. The zero-order valence-electron chi connectivity index (χ0n) is 7.11. The number of nitrogens with zero attached hydrogens (tertiary/aromatic N) is 1. The number of hydrogen-bond acceptors (Lipinski definition) is 2. The van der Waals surface area contributed by atoms with E-state index in [-0.39, 0.29) is 17.3 Å². The molecule has 1 aliphatic rings. The van der Waals surface area contributed by atoms with Crippen molar-refractivity contribution in [2.45, 2.75) is 13.8 Å².